The van der Waals surface area contributed by atoms with E-state index in [1.165, 1.54) is 0 Å². The minimum absolute atomic E-state index is 0.120. The van der Waals surface area contributed by atoms with Crippen LogP contribution >= 0.6 is 11.3 Å². The molecule has 1 N–H and O–H groups in total. The number of carbonyl (C=O) groups is 1. The molecule has 2 aromatic carbocycles. The Morgan fingerprint density at radius 2 is 1.73 bits per heavy atom. The van der Waals surface area contributed by atoms with Crippen molar-refractivity contribution >= 4 is 28.3 Å². The highest BCUT2D eigenvalue weighted by atomic mass is 32.1. The highest BCUT2D eigenvalue weighted by molar-refractivity contribution is 7.13. The Morgan fingerprint density at radius 1 is 0.939 bits per heavy atom. The number of aromatic nitrogens is 5. The first-order valence-corrected chi connectivity index (χ1v) is 11.9. The summed E-state index contributed by atoms with van der Waals surface area (Å²) in [4.78, 5) is 29.0. The van der Waals surface area contributed by atoms with E-state index in [-0.39, 0.29) is 11.7 Å². The molecule has 164 valence electrons. The summed E-state index contributed by atoms with van der Waals surface area (Å²) in [6, 6.07) is 21.9. The van der Waals surface area contributed by atoms with E-state index in [1.54, 1.807) is 16.0 Å². The Kier molecular flexibility index (Phi) is 4.99. The standard InChI is InChI=1S/C25H22N6OS/c32-25(30-14-12-17(13-15-30)22-26-19-9-4-5-10-20(19)27-22)23-28-24(21-11-6-16-33-21)31(29-23)18-7-2-1-3-8-18/h1-11,16-17H,12-15H2,(H,26,27). The molecule has 0 spiro atoms. The average Bonchev–Trinajstić information content (AvgIpc) is 3.63. The summed E-state index contributed by atoms with van der Waals surface area (Å²) in [5, 5.41) is 6.62. The zero-order chi connectivity index (χ0) is 22.2. The number of carbonyl (C=O) groups excluding carboxylic acids is 1. The smallest absolute Gasteiger partial charge is 0.293 e. The molecule has 8 heteroatoms. The summed E-state index contributed by atoms with van der Waals surface area (Å²) >= 11 is 1.59. The minimum Gasteiger partial charge on any atom is -0.342 e. The molecular formula is C25H22N6OS. The molecule has 1 aliphatic rings. The number of hydrogen-bond donors (Lipinski definition) is 1. The quantitative estimate of drug-likeness (QED) is 0.419. The summed E-state index contributed by atoms with van der Waals surface area (Å²) in [6.45, 7) is 1.32. The Hall–Kier alpha value is -3.78. The maximum absolute atomic E-state index is 13.3. The molecule has 1 saturated heterocycles. The maximum Gasteiger partial charge on any atom is 0.293 e. The van der Waals surface area contributed by atoms with Gasteiger partial charge in [-0.2, -0.15) is 0 Å². The SMILES string of the molecule is O=C(c1nc(-c2cccs2)n(-c2ccccc2)n1)N1CCC(c2nc3ccccc3[nH]2)CC1. The molecule has 1 amide bonds. The Balaban J connectivity index is 1.23. The van der Waals surface area contributed by atoms with Crippen molar-refractivity contribution in [2.75, 3.05) is 13.1 Å². The van der Waals surface area contributed by atoms with Gasteiger partial charge in [-0.15, -0.1) is 16.4 Å². The molecule has 1 aliphatic heterocycles. The van der Waals surface area contributed by atoms with Gasteiger partial charge in [0, 0.05) is 19.0 Å². The van der Waals surface area contributed by atoms with E-state index in [4.69, 9.17) is 4.98 Å². The topological polar surface area (TPSA) is 79.7 Å². The maximum atomic E-state index is 13.3. The fourth-order valence-electron chi connectivity index (χ4n) is 4.38. The van der Waals surface area contributed by atoms with Crippen molar-refractivity contribution in [2.45, 2.75) is 18.8 Å². The van der Waals surface area contributed by atoms with Gasteiger partial charge in [-0.3, -0.25) is 4.79 Å². The van der Waals surface area contributed by atoms with Crippen molar-refractivity contribution in [3.05, 3.63) is 83.8 Å². The molecule has 3 aromatic heterocycles. The first-order chi connectivity index (χ1) is 16.3. The van der Waals surface area contributed by atoms with E-state index < -0.39 is 0 Å². The van der Waals surface area contributed by atoms with Gasteiger partial charge in [0.15, 0.2) is 5.82 Å². The Bertz CT molecular complexity index is 1360. The number of amides is 1. The van der Waals surface area contributed by atoms with Crippen LogP contribution in [0.5, 0.6) is 0 Å². The molecule has 33 heavy (non-hydrogen) atoms. The molecule has 0 unspecified atom stereocenters. The minimum atomic E-state index is -0.120. The number of nitrogens with zero attached hydrogens (tertiary/aromatic N) is 5. The van der Waals surface area contributed by atoms with E-state index in [0.717, 1.165) is 40.3 Å². The number of imidazole rings is 1. The second-order valence-electron chi connectivity index (χ2n) is 8.19. The first kappa shape index (κ1) is 19.9. The van der Waals surface area contributed by atoms with E-state index in [9.17, 15) is 4.79 Å². The number of piperidine rings is 1. The van der Waals surface area contributed by atoms with Crippen molar-refractivity contribution < 1.29 is 4.79 Å². The van der Waals surface area contributed by atoms with Gasteiger partial charge in [0.2, 0.25) is 5.82 Å². The molecule has 5 aromatic rings. The van der Waals surface area contributed by atoms with Crippen LogP contribution in [0.4, 0.5) is 0 Å². The van der Waals surface area contributed by atoms with Crippen molar-refractivity contribution in [3.63, 3.8) is 0 Å². The second-order valence-corrected chi connectivity index (χ2v) is 9.14. The molecule has 0 bridgehead atoms. The van der Waals surface area contributed by atoms with Crippen LogP contribution in [0, 0.1) is 0 Å². The molecular weight excluding hydrogens is 432 g/mol. The highest BCUT2D eigenvalue weighted by Gasteiger charge is 2.29. The van der Waals surface area contributed by atoms with Gasteiger partial charge in [-0.1, -0.05) is 36.4 Å². The van der Waals surface area contributed by atoms with Gasteiger partial charge >= 0.3 is 0 Å². The lowest BCUT2D eigenvalue weighted by Gasteiger charge is -2.30. The van der Waals surface area contributed by atoms with Gasteiger partial charge < -0.3 is 9.88 Å². The lowest BCUT2D eigenvalue weighted by molar-refractivity contribution is 0.0699. The number of rotatable bonds is 4. The van der Waals surface area contributed by atoms with E-state index >= 15 is 0 Å². The number of H-pyrrole nitrogens is 1. The number of nitrogens with one attached hydrogen (secondary N) is 1. The van der Waals surface area contributed by atoms with Gasteiger partial charge in [0.05, 0.1) is 21.6 Å². The molecule has 1 fully saturated rings. The van der Waals surface area contributed by atoms with Crippen LogP contribution in [0.25, 0.3) is 27.4 Å². The van der Waals surface area contributed by atoms with Crippen LogP contribution in [0.2, 0.25) is 0 Å². The van der Waals surface area contributed by atoms with Crippen LogP contribution in [-0.4, -0.2) is 48.6 Å². The monoisotopic (exact) mass is 454 g/mol. The second kappa shape index (κ2) is 8.29. The van der Waals surface area contributed by atoms with Crippen molar-refractivity contribution in [2.24, 2.45) is 0 Å². The molecule has 0 atom stereocenters. The summed E-state index contributed by atoms with van der Waals surface area (Å²) in [5.74, 6) is 2.14. The summed E-state index contributed by atoms with van der Waals surface area (Å²) < 4.78 is 1.76. The van der Waals surface area contributed by atoms with Gasteiger partial charge in [0.1, 0.15) is 5.82 Å². The predicted octanol–water partition coefficient (Wildman–Crippen LogP) is 4.89. The third-order valence-electron chi connectivity index (χ3n) is 6.12. The van der Waals surface area contributed by atoms with Crippen molar-refractivity contribution in [1.29, 1.82) is 0 Å². The molecule has 7 nitrogen and oxygen atoms in total. The Labute approximate surface area is 194 Å². The summed E-state index contributed by atoms with van der Waals surface area (Å²) in [7, 11) is 0. The lowest BCUT2D eigenvalue weighted by Crippen LogP contribution is -2.38. The number of hydrogen-bond acceptors (Lipinski definition) is 5. The number of para-hydroxylation sites is 3. The third kappa shape index (κ3) is 3.72. The third-order valence-corrected chi connectivity index (χ3v) is 6.98. The van der Waals surface area contributed by atoms with E-state index in [1.807, 2.05) is 77.0 Å². The van der Waals surface area contributed by atoms with Crippen molar-refractivity contribution in [3.8, 4) is 16.4 Å². The normalized spacial score (nSPS) is 14.7. The molecule has 0 radical (unpaired) electrons. The molecule has 0 saturated carbocycles. The zero-order valence-electron chi connectivity index (χ0n) is 17.9. The molecule has 6 rings (SSSR count). The molecule has 0 aliphatic carbocycles. The lowest BCUT2D eigenvalue weighted by atomic mass is 9.96. The predicted molar refractivity (Wildman–Crippen MR) is 129 cm³/mol. The van der Waals surface area contributed by atoms with Crippen LogP contribution in [0.3, 0.4) is 0 Å². The fraction of sp³-hybridized carbons (Fsp3) is 0.200. The molecule has 4 heterocycles. The van der Waals surface area contributed by atoms with E-state index in [0.29, 0.717) is 24.8 Å². The summed E-state index contributed by atoms with van der Waals surface area (Å²) in [6.07, 6.45) is 1.73. The number of thiophene rings is 1. The number of aromatic amines is 1. The first-order valence-electron chi connectivity index (χ1n) is 11.1. The van der Waals surface area contributed by atoms with Crippen molar-refractivity contribution in [1.82, 2.24) is 29.6 Å². The van der Waals surface area contributed by atoms with Gasteiger partial charge in [-0.05, 0) is 48.6 Å². The van der Waals surface area contributed by atoms with Gasteiger partial charge in [0.25, 0.3) is 5.91 Å². The average molecular weight is 455 g/mol. The largest absolute Gasteiger partial charge is 0.342 e. The zero-order valence-corrected chi connectivity index (χ0v) is 18.7. The fourth-order valence-corrected chi connectivity index (χ4v) is 5.08. The Morgan fingerprint density at radius 3 is 2.48 bits per heavy atom. The highest BCUT2D eigenvalue weighted by Crippen LogP contribution is 2.29. The van der Waals surface area contributed by atoms with Crippen LogP contribution < -0.4 is 0 Å². The van der Waals surface area contributed by atoms with Crippen LogP contribution in [-0.2, 0) is 0 Å². The van der Waals surface area contributed by atoms with Crippen LogP contribution in [0.15, 0.2) is 72.1 Å². The number of fused-ring (bicyclic) bond motifs is 1. The van der Waals surface area contributed by atoms with E-state index in [2.05, 4.69) is 15.1 Å². The number of benzene rings is 2. The van der Waals surface area contributed by atoms with Gasteiger partial charge in [-0.25, -0.2) is 14.6 Å². The summed E-state index contributed by atoms with van der Waals surface area (Å²) in [5.41, 5.74) is 2.93. The van der Waals surface area contributed by atoms with Crippen LogP contribution in [0.1, 0.15) is 35.2 Å². The number of likely N-dealkylation sites (tertiary alicyclic amines) is 1.